The topological polar surface area (TPSA) is 37.3 Å². The summed E-state index contributed by atoms with van der Waals surface area (Å²) in [4.78, 5) is 8.70. The zero-order valence-electron chi connectivity index (χ0n) is 10.2. The lowest BCUT2D eigenvalue weighted by atomic mass is 10.1. The van der Waals surface area contributed by atoms with Crippen LogP contribution in [-0.2, 0) is 0 Å². The minimum absolute atomic E-state index is 0.231. The Kier molecular flexibility index (Phi) is 3.06. The first kappa shape index (κ1) is 11.6. The van der Waals surface area contributed by atoms with E-state index in [0.29, 0.717) is 6.54 Å². The van der Waals surface area contributed by atoms with Gasteiger partial charge >= 0.3 is 0 Å². The maximum absolute atomic E-state index is 12.9. The van der Waals surface area contributed by atoms with Crippen LogP contribution in [0.3, 0.4) is 0 Å². The Hall–Kier alpha value is -2.49. The molecule has 1 aliphatic rings. The van der Waals surface area contributed by atoms with Crippen molar-refractivity contribution in [3.05, 3.63) is 71.9 Å². The summed E-state index contributed by atoms with van der Waals surface area (Å²) in [6.07, 6.45) is 3.63. The summed E-state index contributed by atoms with van der Waals surface area (Å²) < 4.78 is 12.9. The lowest BCUT2D eigenvalue weighted by molar-refractivity contribution is 0.627. The van der Waals surface area contributed by atoms with Gasteiger partial charge in [0.1, 0.15) is 11.5 Å². The number of halogens is 1. The fourth-order valence-electron chi connectivity index (χ4n) is 1.91. The Bertz CT molecular complexity index is 630. The smallest absolute Gasteiger partial charge is 0.151 e. The van der Waals surface area contributed by atoms with E-state index in [0.717, 1.165) is 22.7 Å². The molecule has 94 valence electrons. The largest absolute Gasteiger partial charge is 0.345 e. The Morgan fingerprint density at radius 2 is 1.89 bits per heavy atom. The van der Waals surface area contributed by atoms with Gasteiger partial charge in [0.05, 0.1) is 6.54 Å². The van der Waals surface area contributed by atoms with E-state index in [1.54, 1.807) is 18.3 Å². The Morgan fingerprint density at radius 1 is 1.05 bits per heavy atom. The molecule has 0 unspecified atom stereocenters. The van der Waals surface area contributed by atoms with Crippen LogP contribution in [0.2, 0.25) is 0 Å². The maximum Gasteiger partial charge on any atom is 0.151 e. The van der Waals surface area contributed by atoms with E-state index in [4.69, 9.17) is 0 Å². The third-order valence-electron chi connectivity index (χ3n) is 2.91. The molecule has 0 atom stereocenters. The number of nitrogens with one attached hydrogen (secondary N) is 1. The lowest BCUT2D eigenvalue weighted by Gasteiger charge is -2.14. The molecule has 0 radical (unpaired) electrons. The summed E-state index contributed by atoms with van der Waals surface area (Å²) in [5.41, 5.74) is 2.81. The maximum atomic E-state index is 12.9. The molecule has 0 bridgehead atoms. The summed E-state index contributed by atoms with van der Waals surface area (Å²) in [5, 5.41) is 3.13. The predicted octanol–water partition coefficient (Wildman–Crippen LogP) is 2.61. The average molecular weight is 253 g/mol. The summed E-state index contributed by atoms with van der Waals surface area (Å²) in [5.74, 6) is 0.525. The SMILES string of the molecule is Fc1ccc(C2=CNC(c3ccccn3)=NC2)cc1. The van der Waals surface area contributed by atoms with E-state index in [1.807, 2.05) is 24.4 Å². The quantitative estimate of drug-likeness (QED) is 0.893. The number of benzene rings is 1. The van der Waals surface area contributed by atoms with Crippen LogP contribution >= 0.6 is 0 Å². The van der Waals surface area contributed by atoms with Gasteiger partial charge in [-0.3, -0.25) is 9.98 Å². The third kappa shape index (κ3) is 2.52. The molecule has 2 aromatic rings. The summed E-state index contributed by atoms with van der Waals surface area (Å²) in [7, 11) is 0. The van der Waals surface area contributed by atoms with Gasteiger partial charge < -0.3 is 5.32 Å². The molecule has 1 aromatic heterocycles. The highest BCUT2D eigenvalue weighted by molar-refractivity contribution is 5.99. The van der Waals surface area contributed by atoms with Gasteiger partial charge in [-0.15, -0.1) is 0 Å². The van der Waals surface area contributed by atoms with Crippen LogP contribution in [-0.4, -0.2) is 17.4 Å². The second-order valence-corrected chi connectivity index (χ2v) is 4.20. The van der Waals surface area contributed by atoms with E-state index in [9.17, 15) is 4.39 Å². The van der Waals surface area contributed by atoms with E-state index >= 15 is 0 Å². The molecule has 19 heavy (non-hydrogen) atoms. The van der Waals surface area contributed by atoms with Crippen LogP contribution in [0.25, 0.3) is 5.57 Å². The predicted molar refractivity (Wildman–Crippen MR) is 73.2 cm³/mol. The van der Waals surface area contributed by atoms with Gasteiger partial charge in [0.15, 0.2) is 5.84 Å². The molecule has 2 heterocycles. The Labute approximate surface area is 110 Å². The molecule has 3 nitrogen and oxygen atoms in total. The van der Waals surface area contributed by atoms with Crippen LogP contribution < -0.4 is 5.32 Å². The lowest BCUT2D eigenvalue weighted by Crippen LogP contribution is -2.24. The molecule has 0 aliphatic carbocycles. The molecular formula is C15H12FN3. The molecule has 0 saturated heterocycles. The number of amidine groups is 1. The highest BCUT2D eigenvalue weighted by Gasteiger charge is 2.10. The number of nitrogens with zero attached hydrogens (tertiary/aromatic N) is 2. The van der Waals surface area contributed by atoms with E-state index in [1.165, 1.54) is 12.1 Å². The van der Waals surface area contributed by atoms with Crippen molar-refractivity contribution in [1.82, 2.24) is 10.3 Å². The van der Waals surface area contributed by atoms with Crippen LogP contribution in [0.5, 0.6) is 0 Å². The highest BCUT2D eigenvalue weighted by atomic mass is 19.1. The molecule has 1 N–H and O–H groups in total. The number of rotatable bonds is 2. The van der Waals surface area contributed by atoms with E-state index < -0.39 is 0 Å². The second kappa shape index (κ2) is 5.02. The molecule has 0 spiro atoms. The molecule has 1 aromatic carbocycles. The minimum Gasteiger partial charge on any atom is -0.345 e. The van der Waals surface area contributed by atoms with Crippen molar-refractivity contribution in [3.63, 3.8) is 0 Å². The van der Waals surface area contributed by atoms with Crippen molar-refractivity contribution in [1.29, 1.82) is 0 Å². The molecule has 0 fully saturated rings. The Morgan fingerprint density at radius 3 is 2.53 bits per heavy atom. The summed E-state index contributed by atoms with van der Waals surface area (Å²) in [6, 6.07) is 12.1. The zero-order valence-corrected chi connectivity index (χ0v) is 10.2. The van der Waals surface area contributed by atoms with Crippen LogP contribution in [0.15, 0.2) is 59.9 Å². The first-order chi connectivity index (χ1) is 9.33. The van der Waals surface area contributed by atoms with Crippen molar-refractivity contribution >= 4 is 11.4 Å². The monoisotopic (exact) mass is 253 g/mol. The number of pyridine rings is 1. The second-order valence-electron chi connectivity index (χ2n) is 4.20. The van der Waals surface area contributed by atoms with Crippen molar-refractivity contribution in [2.75, 3.05) is 6.54 Å². The highest BCUT2D eigenvalue weighted by Crippen LogP contribution is 2.17. The molecule has 0 amide bonds. The standard InChI is InChI=1S/C15H12FN3/c16-13-6-4-11(5-7-13)12-9-18-15(19-10-12)14-3-1-2-8-17-14/h1-9H,10H2,(H,18,19). The van der Waals surface area contributed by atoms with E-state index in [2.05, 4.69) is 15.3 Å². The first-order valence-corrected chi connectivity index (χ1v) is 6.00. The fourth-order valence-corrected chi connectivity index (χ4v) is 1.91. The van der Waals surface area contributed by atoms with Crippen molar-refractivity contribution < 1.29 is 4.39 Å². The zero-order chi connectivity index (χ0) is 13.1. The van der Waals surface area contributed by atoms with Gasteiger partial charge in [0, 0.05) is 12.4 Å². The van der Waals surface area contributed by atoms with Crippen LogP contribution in [0.1, 0.15) is 11.3 Å². The number of aromatic nitrogens is 1. The molecule has 3 rings (SSSR count). The van der Waals surface area contributed by atoms with Gasteiger partial charge in [-0.2, -0.15) is 0 Å². The van der Waals surface area contributed by atoms with Crippen molar-refractivity contribution in [2.24, 2.45) is 4.99 Å². The van der Waals surface area contributed by atoms with Gasteiger partial charge in [0.25, 0.3) is 0 Å². The minimum atomic E-state index is -0.231. The van der Waals surface area contributed by atoms with Crippen LogP contribution in [0, 0.1) is 5.82 Å². The summed E-state index contributed by atoms with van der Waals surface area (Å²) in [6.45, 7) is 0.560. The van der Waals surface area contributed by atoms with Crippen molar-refractivity contribution in [2.45, 2.75) is 0 Å². The van der Waals surface area contributed by atoms with Gasteiger partial charge in [-0.05, 0) is 35.4 Å². The number of aliphatic imine (C=N–C) groups is 1. The normalized spacial score (nSPS) is 14.4. The van der Waals surface area contributed by atoms with Crippen LogP contribution in [0.4, 0.5) is 4.39 Å². The molecular weight excluding hydrogens is 241 g/mol. The third-order valence-corrected chi connectivity index (χ3v) is 2.91. The molecule has 0 saturated carbocycles. The number of hydrogen-bond acceptors (Lipinski definition) is 3. The van der Waals surface area contributed by atoms with Crippen molar-refractivity contribution in [3.8, 4) is 0 Å². The van der Waals surface area contributed by atoms with Gasteiger partial charge in [-0.1, -0.05) is 18.2 Å². The molecule has 1 aliphatic heterocycles. The first-order valence-electron chi connectivity index (χ1n) is 6.00. The number of hydrogen-bond donors (Lipinski definition) is 1. The van der Waals surface area contributed by atoms with Gasteiger partial charge in [-0.25, -0.2) is 4.39 Å². The molecule has 4 heteroatoms. The summed E-state index contributed by atoms with van der Waals surface area (Å²) >= 11 is 0. The van der Waals surface area contributed by atoms with E-state index in [-0.39, 0.29) is 5.82 Å². The van der Waals surface area contributed by atoms with Gasteiger partial charge in [0.2, 0.25) is 0 Å². The Balaban J connectivity index is 1.78. The average Bonchev–Trinajstić information content (AvgIpc) is 2.49. The fraction of sp³-hybridized carbons (Fsp3) is 0.0667.